The van der Waals surface area contributed by atoms with E-state index in [1.165, 1.54) is 5.56 Å². The van der Waals surface area contributed by atoms with Gasteiger partial charge in [-0.1, -0.05) is 73.6 Å². The molecule has 7 heteroatoms. The fraction of sp³-hybridized carbons (Fsp3) is 0.310. The molecule has 0 radical (unpaired) electrons. The van der Waals surface area contributed by atoms with Crippen LogP contribution in [0.3, 0.4) is 0 Å². The van der Waals surface area contributed by atoms with E-state index in [9.17, 15) is 4.57 Å². The van der Waals surface area contributed by atoms with Crippen LogP contribution in [0.4, 0.5) is 0 Å². The highest BCUT2D eigenvalue weighted by atomic mass is 31.2. The first-order valence-electron chi connectivity index (χ1n) is 12.4. The summed E-state index contributed by atoms with van der Waals surface area (Å²) >= 11 is 0. The minimum Gasteiger partial charge on any atom is -0.443 e. The second-order valence-corrected chi connectivity index (χ2v) is 12.2. The Balaban J connectivity index is 1.23. The van der Waals surface area contributed by atoms with E-state index in [0.29, 0.717) is 29.5 Å². The number of nitrogens with one attached hydrogen (secondary N) is 1. The monoisotopic (exact) mass is 503 g/mol. The third kappa shape index (κ3) is 7.64. The van der Waals surface area contributed by atoms with Gasteiger partial charge in [-0.3, -0.25) is 4.57 Å². The zero-order valence-corrected chi connectivity index (χ0v) is 22.1. The van der Waals surface area contributed by atoms with E-state index >= 15 is 0 Å². The van der Waals surface area contributed by atoms with Crippen molar-refractivity contribution >= 4 is 7.37 Å². The molecule has 0 saturated heterocycles. The molecule has 3 aromatic carbocycles. The lowest BCUT2D eigenvalue weighted by Gasteiger charge is -2.15. The van der Waals surface area contributed by atoms with Crippen LogP contribution in [0.2, 0.25) is 0 Å². The van der Waals surface area contributed by atoms with Crippen molar-refractivity contribution in [2.45, 2.75) is 33.2 Å². The Bertz CT molecular complexity index is 1270. The topological polar surface area (TPSA) is 77.2 Å². The van der Waals surface area contributed by atoms with Crippen molar-refractivity contribution in [3.8, 4) is 28.6 Å². The van der Waals surface area contributed by atoms with Crippen LogP contribution in [0.1, 0.15) is 31.4 Å². The van der Waals surface area contributed by atoms with E-state index in [0.717, 1.165) is 42.6 Å². The molecule has 6 nitrogen and oxygen atoms in total. The molecule has 36 heavy (non-hydrogen) atoms. The molecule has 1 atom stereocenters. The van der Waals surface area contributed by atoms with Crippen LogP contribution < -0.4 is 9.84 Å². The van der Waals surface area contributed by atoms with Crippen molar-refractivity contribution in [3.63, 3.8) is 0 Å². The number of benzene rings is 3. The fourth-order valence-corrected chi connectivity index (χ4v) is 5.35. The average Bonchev–Trinajstić information content (AvgIpc) is 3.35. The number of hydrogen-bond acceptors (Lipinski definition) is 6. The molecule has 0 aliphatic heterocycles. The molecule has 4 aromatic rings. The van der Waals surface area contributed by atoms with Gasteiger partial charge < -0.3 is 14.4 Å². The summed E-state index contributed by atoms with van der Waals surface area (Å²) in [5.74, 6) is 2.38. The highest BCUT2D eigenvalue weighted by molar-refractivity contribution is 7.58. The van der Waals surface area contributed by atoms with Crippen LogP contribution in [0.15, 0.2) is 83.4 Å². The number of rotatable bonds is 12. The predicted molar refractivity (Wildman–Crippen MR) is 146 cm³/mol. The summed E-state index contributed by atoms with van der Waals surface area (Å²) in [6.07, 6.45) is 2.37. The Labute approximate surface area is 213 Å². The SMILES string of the molecule is CC(C)Cc1ccc(-c2nc(-c3ccc(CNCCCP(C)(=O)Oc4ccccc4)cc3)no2)cc1. The van der Waals surface area contributed by atoms with E-state index < -0.39 is 7.37 Å². The smallest absolute Gasteiger partial charge is 0.258 e. The Morgan fingerprint density at radius 3 is 2.28 bits per heavy atom. The van der Waals surface area contributed by atoms with Crippen LogP contribution in [0, 0.1) is 5.92 Å². The lowest BCUT2D eigenvalue weighted by molar-refractivity contribution is 0.432. The zero-order chi connectivity index (χ0) is 25.4. The van der Waals surface area contributed by atoms with Gasteiger partial charge in [0.15, 0.2) is 0 Å². The Morgan fingerprint density at radius 2 is 1.58 bits per heavy atom. The molecule has 188 valence electrons. The van der Waals surface area contributed by atoms with Crippen LogP contribution in [-0.4, -0.2) is 29.5 Å². The molecule has 1 unspecified atom stereocenters. The molecule has 0 saturated carbocycles. The second-order valence-electron chi connectivity index (χ2n) is 9.59. The van der Waals surface area contributed by atoms with E-state index in [1.54, 1.807) is 6.66 Å². The molecule has 0 fully saturated rings. The van der Waals surface area contributed by atoms with Gasteiger partial charge in [-0.2, -0.15) is 4.98 Å². The largest absolute Gasteiger partial charge is 0.443 e. The van der Waals surface area contributed by atoms with Crippen molar-refractivity contribution < 1.29 is 13.6 Å². The minimum atomic E-state index is -2.66. The van der Waals surface area contributed by atoms with Crippen molar-refractivity contribution in [2.24, 2.45) is 5.92 Å². The molecule has 1 aromatic heterocycles. The van der Waals surface area contributed by atoms with Gasteiger partial charge in [0.05, 0.1) is 0 Å². The fourth-order valence-electron chi connectivity index (χ4n) is 3.96. The maximum atomic E-state index is 12.7. The van der Waals surface area contributed by atoms with Crippen molar-refractivity contribution in [3.05, 3.63) is 90.0 Å². The molecule has 1 N–H and O–H groups in total. The van der Waals surface area contributed by atoms with Crippen molar-refractivity contribution in [1.82, 2.24) is 15.5 Å². The first kappa shape index (κ1) is 25.9. The van der Waals surface area contributed by atoms with Gasteiger partial charge >= 0.3 is 0 Å². The van der Waals surface area contributed by atoms with Gasteiger partial charge in [0.25, 0.3) is 5.89 Å². The van der Waals surface area contributed by atoms with E-state index in [-0.39, 0.29) is 0 Å². The van der Waals surface area contributed by atoms with Gasteiger partial charge in [0.1, 0.15) is 5.75 Å². The summed E-state index contributed by atoms with van der Waals surface area (Å²) in [6.45, 7) is 7.63. The molecule has 0 bridgehead atoms. The van der Waals surface area contributed by atoms with Gasteiger partial charge in [0, 0.05) is 30.5 Å². The molecular formula is C29H34N3O3P. The van der Waals surface area contributed by atoms with E-state index in [1.807, 2.05) is 54.6 Å². The first-order chi connectivity index (χ1) is 17.4. The summed E-state index contributed by atoms with van der Waals surface area (Å²) in [7, 11) is -2.66. The maximum Gasteiger partial charge on any atom is 0.258 e. The molecule has 4 rings (SSSR count). The van der Waals surface area contributed by atoms with Gasteiger partial charge in [-0.25, -0.2) is 0 Å². The highest BCUT2D eigenvalue weighted by Gasteiger charge is 2.16. The standard InChI is InChI=1S/C29H34N3O3P/c1-22(2)20-23-10-16-26(17-11-23)29-31-28(32-34-29)25-14-12-24(13-15-25)21-30-18-7-19-36(3,33)35-27-8-5-4-6-9-27/h4-6,8-17,22,30H,7,18-21H2,1-3H3. The lowest BCUT2D eigenvalue weighted by atomic mass is 10.0. The summed E-state index contributed by atoms with van der Waals surface area (Å²) in [4.78, 5) is 4.58. The second kappa shape index (κ2) is 12.2. The van der Waals surface area contributed by atoms with Gasteiger partial charge in [-0.15, -0.1) is 0 Å². The highest BCUT2D eigenvalue weighted by Crippen LogP contribution is 2.43. The third-order valence-corrected chi connectivity index (χ3v) is 7.50. The first-order valence-corrected chi connectivity index (χ1v) is 14.7. The summed E-state index contributed by atoms with van der Waals surface area (Å²) < 4.78 is 23.8. The van der Waals surface area contributed by atoms with E-state index in [4.69, 9.17) is 9.05 Å². The van der Waals surface area contributed by atoms with Crippen LogP contribution in [-0.2, 0) is 17.5 Å². The number of hydrogen-bond donors (Lipinski definition) is 1. The van der Waals surface area contributed by atoms with Gasteiger partial charge in [-0.05, 0) is 60.7 Å². The molecular weight excluding hydrogens is 469 g/mol. The third-order valence-electron chi connectivity index (χ3n) is 5.77. The molecule has 0 aliphatic rings. The molecule has 0 spiro atoms. The van der Waals surface area contributed by atoms with Crippen molar-refractivity contribution in [2.75, 3.05) is 19.4 Å². The summed E-state index contributed by atoms with van der Waals surface area (Å²) in [5, 5.41) is 7.58. The maximum absolute atomic E-state index is 12.7. The molecule has 0 aliphatic carbocycles. The van der Waals surface area contributed by atoms with Crippen molar-refractivity contribution in [1.29, 1.82) is 0 Å². The van der Waals surface area contributed by atoms with Gasteiger partial charge in [0.2, 0.25) is 13.2 Å². The number of nitrogens with zero attached hydrogens (tertiary/aromatic N) is 2. The Morgan fingerprint density at radius 1 is 0.917 bits per heavy atom. The Hall–Kier alpha value is -3.21. The minimum absolute atomic E-state index is 0.524. The van der Waals surface area contributed by atoms with E-state index in [2.05, 4.69) is 53.6 Å². The number of aromatic nitrogens is 2. The Kier molecular flexibility index (Phi) is 8.74. The molecule has 0 amide bonds. The molecule has 1 heterocycles. The lowest BCUT2D eigenvalue weighted by Crippen LogP contribution is -2.16. The van der Waals surface area contributed by atoms with Crippen LogP contribution in [0.25, 0.3) is 22.8 Å². The number of para-hydroxylation sites is 1. The summed E-state index contributed by atoms with van der Waals surface area (Å²) in [5.41, 5.74) is 4.30. The predicted octanol–water partition coefficient (Wildman–Crippen LogP) is 7.07. The van der Waals surface area contributed by atoms with Crippen LogP contribution in [0.5, 0.6) is 5.75 Å². The quantitative estimate of drug-likeness (QED) is 0.165. The zero-order valence-electron chi connectivity index (χ0n) is 21.2. The normalized spacial score (nSPS) is 13.0. The van der Waals surface area contributed by atoms with Crippen LogP contribution >= 0.6 is 7.37 Å². The summed E-state index contributed by atoms with van der Waals surface area (Å²) in [6, 6.07) is 25.8. The average molecular weight is 504 g/mol.